The molecule has 0 unspecified atom stereocenters. The topological polar surface area (TPSA) is 119 Å². The van der Waals surface area contributed by atoms with Gasteiger partial charge in [0.2, 0.25) is 5.95 Å². The molecule has 2 aliphatic rings. The molecule has 4 rings (SSSR count). The third kappa shape index (κ3) is 4.01. The summed E-state index contributed by atoms with van der Waals surface area (Å²) in [4.78, 5) is 19.5. The number of ether oxygens (including phenoxy) is 1. The van der Waals surface area contributed by atoms with Gasteiger partial charge in [-0.15, -0.1) is 0 Å². The summed E-state index contributed by atoms with van der Waals surface area (Å²) in [5.41, 5.74) is 6.22. The summed E-state index contributed by atoms with van der Waals surface area (Å²) in [6.07, 6.45) is 5.17. The molecule has 0 spiro atoms. The fourth-order valence-electron chi connectivity index (χ4n) is 3.06. The zero-order valence-electron chi connectivity index (χ0n) is 15.4. The van der Waals surface area contributed by atoms with Gasteiger partial charge in [-0.05, 0) is 25.8 Å². The second kappa shape index (κ2) is 7.01. The van der Waals surface area contributed by atoms with Crippen LogP contribution in [0.4, 0.5) is 17.6 Å². The van der Waals surface area contributed by atoms with Crippen LogP contribution >= 0.6 is 0 Å². The smallest absolute Gasteiger partial charge is 0.220 e. The van der Waals surface area contributed by atoms with Crippen LogP contribution in [-0.2, 0) is 14.5 Å². The van der Waals surface area contributed by atoms with Crippen LogP contribution in [0.2, 0.25) is 0 Å². The van der Waals surface area contributed by atoms with Gasteiger partial charge in [0.25, 0.3) is 0 Å². The van der Waals surface area contributed by atoms with Crippen molar-refractivity contribution in [1.29, 1.82) is 0 Å². The minimum absolute atomic E-state index is 0.149. The first-order valence-electron chi connectivity index (χ1n) is 8.96. The first-order chi connectivity index (χ1) is 12.9. The van der Waals surface area contributed by atoms with Gasteiger partial charge in [0, 0.05) is 30.3 Å². The third-order valence-corrected chi connectivity index (χ3v) is 6.94. The lowest BCUT2D eigenvalue weighted by atomic mass is 10.2. The number of nitrogens with zero attached hydrogens (tertiary/aromatic N) is 6. The van der Waals surface area contributed by atoms with E-state index in [1.807, 2.05) is 0 Å². The van der Waals surface area contributed by atoms with Crippen molar-refractivity contribution in [1.82, 2.24) is 19.9 Å². The molecule has 1 saturated carbocycles. The van der Waals surface area contributed by atoms with E-state index in [1.54, 1.807) is 24.6 Å². The largest absolute Gasteiger partial charge is 0.377 e. The Morgan fingerprint density at radius 3 is 2.85 bits per heavy atom. The zero-order chi connectivity index (χ0) is 19.0. The predicted molar refractivity (Wildman–Crippen MR) is 104 cm³/mol. The molecule has 9 nitrogen and oxygen atoms in total. The van der Waals surface area contributed by atoms with Crippen LogP contribution in [0, 0.1) is 0 Å². The molecule has 0 aromatic carbocycles. The molecule has 2 fully saturated rings. The summed E-state index contributed by atoms with van der Waals surface area (Å²) in [6, 6.07) is 3.66. The number of hydrogen-bond donors (Lipinski definition) is 1. The normalized spacial score (nSPS) is 22.3. The van der Waals surface area contributed by atoms with E-state index in [9.17, 15) is 4.21 Å². The average Bonchev–Trinajstić information content (AvgIpc) is 3.47. The van der Waals surface area contributed by atoms with Crippen molar-refractivity contribution in [3.63, 3.8) is 0 Å². The van der Waals surface area contributed by atoms with E-state index < -0.39 is 9.73 Å². The Labute approximate surface area is 158 Å². The first kappa shape index (κ1) is 18.1. The highest BCUT2D eigenvalue weighted by atomic mass is 32.2. The summed E-state index contributed by atoms with van der Waals surface area (Å²) < 4.78 is 22.9. The summed E-state index contributed by atoms with van der Waals surface area (Å²) in [6.45, 7) is 4.04. The SMILES string of the molecule is C[C@@H]1COCCN1c1cc(N=[S@](C)(=O)C2CC2)nc(-c2ccnc(N)n2)n1. The quantitative estimate of drug-likeness (QED) is 0.838. The molecular formula is C17H23N7O2S. The monoisotopic (exact) mass is 389 g/mol. The number of anilines is 2. The van der Waals surface area contributed by atoms with E-state index in [1.165, 1.54) is 0 Å². The van der Waals surface area contributed by atoms with E-state index in [4.69, 9.17) is 10.5 Å². The fourth-order valence-corrected chi connectivity index (χ4v) is 4.69. The van der Waals surface area contributed by atoms with Gasteiger partial charge >= 0.3 is 0 Å². The number of nitrogens with two attached hydrogens (primary N) is 1. The number of morpholine rings is 1. The molecule has 144 valence electrons. The molecule has 0 amide bonds. The lowest BCUT2D eigenvalue weighted by Gasteiger charge is -2.34. The van der Waals surface area contributed by atoms with Gasteiger partial charge in [0.15, 0.2) is 11.6 Å². The van der Waals surface area contributed by atoms with Crippen LogP contribution in [0.1, 0.15) is 19.8 Å². The molecule has 2 aromatic heterocycles. The zero-order valence-corrected chi connectivity index (χ0v) is 16.2. The van der Waals surface area contributed by atoms with Gasteiger partial charge in [0.1, 0.15) is 11.5 Å². The highest BCUT2D eigenvalue weighted by molar-refractivity contribution is 7.93. The maximum atomic E-state index is 12.9. The Morgan fingerprint density at radius 1 is 1.33 bits per heavy atom. The van der Waals surface area contributed by atoms with E-state index >= 15 is 0 Å². The van der Waals surface area contributed by atoms with E-state index in [2.05, 4.69) is 36.1 Å². The van der Waals surface area contributed by atoms with E-state index in [0.717, 1.165) is 18.7 Å². The van der Waals surface area contributed by atoms with Crippen LogP contribution in [0.5, 0.6) is 0 Å². The molecule has 27 heavy (non-hydrogen) atoms. The highest BCUT2D eigenvalue weighted by Crippen LogP contribution is 2.32. The number of rotatable bonds is 4. The van der Waals surface area contributed by atoms with Crippen LogP contribution in [0.15, 0.2) is 22.7 Å². The van der Waals surface area contributed by atoms with Crippen LogP contribution in [0.25, 0.3) is 11.5 Å². The molecule has 0 radical (unpaired) electrons. The van der Waals surface area contributed by atoms with Crippen molar-refractivity contribution in [3.05, 3.63) is 18.3 Å². The van der Waals surface area contributed by atoms with E-state index in [-0.39, 0.29) is 17.2 Å². The molecular weight excluding hydrogens is 366 g/mol. The van der Waals surface area contributed by atoms with Crippen molar-refractivity contribution in [2.75, 3.05) is 36.6 Å². The van der Waals surface area contributed by atoms with Crippen molar-refractivity contribution >= 4 is 27.3 Å². The van der Waals surface area contributed by atoms with Gasteiger partial charge in [-0.1, -0.05) is 0 Å². The maximum absolute atomic E-state index is 12.9. The number of aromatic nitrogens is 4. The van der Waals surface area contributed by atoms with Gasteiger partial charge in [-0.25, -0.2) is 24.1 Å². The second-order valence-corrected chi connectivity index (χ2v) is 9.55. The maximum Gasteiger partial charge on any atom is 0.220 e. The predicted octanol–water partition coefficient (Wildman–Crippen LogP) is 1.63. The fraction of sp³-hybridized carbons (Fsp3) is 0.529. The molecule has 3 heterocycles. The molecule has 1 aliphatic carbocycles. The van der Waals surface area contributed by atoms with Gasteiger partial charge in [-0.3, -0.25) is 0 Å². The number of hydrogen-bond acceptors (Lipinski definition) is 9. The Hall–Kier alpha value is -2.33. The van der Waals surface area contributed by atoms with Crippen molar-refractivity contribution < 1.29 is 8.95 Å². The highest BCUT2D eigenvalue weighted by Gasteiger charge is 2.31. The molecule has 0 bridgehead atoms. The molecule has 2 atom stereocenters. The minimum Gasteiger partial charge on any atom is -0.377 e. The first-order valence-corrected chi connectivity index (χ1v) is 10.9. The Balaban J connectivity index is 1.82. The molecule has 2 N–H and O–H groups in total. The Bertz CT molecular complexity index is 970. The second-order valence-electron chi connectivity index (χ2n) is 6.98. The summed E-state index contributed by atoms with van der Waals surface area (Å²) in [5.74, 6) is 1.67. The molecule has 1 saturated heterocycles. The minimum atomic E-state index is -2.32. The van der Waals surface area contributed by atoms with Crippen molar-refractivity contribution in [2.45, 2.75) is 31.1 Å². The van der Waals surface area contributed by atoms with Crippen molar-refractivity contribution in [3.8, 4) is 11.5 Å². The van der Waals surface area contributed by atoms with Crippen LogP contribution in [-0.4, -0.2) is 61.5 Å². The standard InChI is InChI=1S/C17H23N7O2S/c1-11-10-26-8-7-24(11)15-9-14(23-27(2,25)12-3-4-12)21-16(22-15)13-5-6-19-17(18)20-13/h5-6,9,11-12H,3-4,7-8,10H2,1-2H3,(H2,18,19,20)/t11-,27-/m1/s1. The van der Waals surface area contributed by atoms with Gasteiger partial charge < -0.3 is 15.4 Å². The van der Waals surface area contributed by atoms with Crippen LogP contribution in [0.3, 0.4) is 0 Å². The van der Waals surface area contributed by atoms with Crippen LogP contribution < -0.4 is 10.6 Å². The van der Waals surface area contributed by atoms with Gasteiger partial charge in [-0.2, -0.15) is 4.36 Å². The molecule has 10 heteroatoms. The summed E-state index contributed by atoms with van der Waals surface area (Å²) in [5, 5.41) is 0.149. The Morgan fingerprint density at radius 2 is 2.15 bits per heavy atom. The lowest BCUT2D eigenvalue weighted by Crippen LogP contribution is -2.44. The Kier molecular flexibility index (Phi) is 4.68. The number of nitrogen functional groups attached to an aromatic ring is 1. The van der Waals surface area contributed by atoms with Crippen molar-refractivity contribution in [2.24, 2.45) is 4.36 Å². The van der Waals surface area contributed by atoms with E-state index in [0.29, 0.717) is 37.1 Å². The molecule has 2 aromatic rings. The molecule has 1 aliphatic heterocycles. The lowest BCUT2D eigenvalue weighted by molar-refractivity contribution is 0.0985. The van der Waals surface area contributed by atoms with Gasteiger partial charge in [0.05, 0.1) is 29.0 Å². The summed E-state index contributed by atoms with van der Waals surface area (Å²) in [7, 11) is -2.32. The average molecular weight is 389 g/mol. The third-order valence-electron chi connectivity index (χ3n) is 4.68. The summed E-state index contributed by atoms with van der Waals surface area (Å²) >= 11 is 0.